The second-order valence-corrected chi connectivity index (χ2v) is 7.92. The van der Waals surface area contributed by atoms with Gasteiger partial charge in [0.2, 0.25) is 0 Å². The summed E-state index contributed by atoms with van der Waals surface area (Å²) in [4.78, 5) is 27.7. The average molecular weight is 438 g/mol. The van der Waals surface area contributed by atoms with Gasteiger partial charge in [-0.2, -0.15) is 9.78 Å². The standard InChI is InChI=1S/C25H32N4O3/c1-4-16-28(17-5-2)18-8-15-26-24(30)23-21-9-6-7-10-22(21)25(31)29(27-23)19-11-13-20(32-3)14-12-19/h6-7,9-14H,4-5,8,15-18H2,1-3H3,(H,26,30)/p+1. The van der Waals surface area contributed by atoms with Gasteiger partial charge in [-0.3, -0.25) is 9.59 Å². The SMILES string of the molecule is CCC[NH+](CCC)CCCNC(=O)c1nn(-c2ccc(OC)cc2)c(=O)c2ccccc12. The quantitative estimate of drug-likeness (QED) is 0.451. The molecule has 0 bridgehead atoms. The van der Waals surface area contributed by atoms with Crippen molar-refractivity contribution in [1.82, 2.24) is 15.1 Å². The number of hydrogen-bond acceptors (Lipinski definition) is 4. The molecule has 0 unspecified atom stereocenters. The Morgan fingerprint density at radius 3 is 2.28 bits per heavy atom. The molecular formula is C25H33N4O3+. The van der Waals surface area contributed by atoms with E-state index in [1.807, 2.05) is 6.07 Å². The summed E-state index contributed by atoms with van der Waals surface area (Å²) in [6.45, 7) is 8.31. The van der Waals surface area contributed by atoms with Crippen molar-refractivity contribution < 1.29 is 14.4 Å². The number of rotatable bonds is 11. The van der Waals surface area contributed by atoms with Gasteiger partial charge in [-0.05, 0) is 43.2 Å². The minimum Gasteiger partial charge on any atom is -0.497 e. The molecule has 32 heavy (non-hydrogen) atoms. The number of nitrogens with one attached hydrogen (secondary N) is 2. The van der Waals surface area contributed by atoms with Crippen molar-refractivity contribution in [2.45, 2.75) is 33.1 Å². The van der Waals surface area contributed by atoms with Gasteiger partial charge in [-0.1, -0.05) is 32.0 Å². The molecule has 2 N–H and O–H groups in total. The molecule has 2 aromatic carbocycles. The van der Waals surface area contributed by atoms with Crippen LogP contribution in [0.15, 0.2) is 53.3 Å². The molecule has 3 rings (SSSR count). The minimum absolute atomic E-state index is 0.252. The van der Waals surface area contributed by atoms with Crippen LogP contribution in [0.3, 0.4) is 0 Å². The fourth-order valence-electron chi connectivity index (χ4n) is 3.96. The molecule has 7 heteroatoms. The number of carbonyl (C=O) groups excluding carboxylic acids is 1. The van der Waals surface area contributed by atoms with E-state index in [1.165, 1.54) is 4.68 Å². The summed E-state index contributed by atoms with van der Waals surface area (Å²) in [6.07, 6.45) is 3.21. The molecule has 1 amide bonds. The van der Waals surface area contributed by atoms with Crippen LogP contribution in [-0.2, 0) is 0 Å². The fraction of sp³-hybridized carbons (Fsp3) is 0.400. The first-order valence-corrected chi connectivity index (χ1v) is 11.4. The monoisotopic (exact) mass is 437 g/mol. The van der Waals surface area contributed by atoms with E-state index in [9.17, 15) is 9.59 Å². The molecule has 0 aliphatic rings. The molecule has 1 aromatic heterocycles. The number of methoxy groups -OCH3 is 1. The van der Waals surface area contributed by atoms with Crippen molar-refractivity contribution in [2.75, 3.05) is 33.3 Å². The van der Waals surface area contributed by atoms with E-state index in [-0.39, 0.29) is 17.2 Å². The third-order valence-electron chi connectivity index (χ3n) is 5.54. The lowest BCUT2D eigenvalue weighted by molar-refractivity contribution is -0.900. The summed E-state index contributed by atoms with van der Waals surface area (Å²) in [5, 5.41) is 8.46. The number of ether oxygens (including phenoxy) is 1. The molecular weight excluding hydrogens is 404 g/mol. The maximum Gasteiger partial charge on any atom is 0.279 e. The Kier molecular flexibility index (Phi) is 8.39. The smallest absolute Gasteiger partial charge is 0.279 e. The van der Waals surface area contributed by atoms with E-state index in [1.54, 1.807) is 54.5 Å². The molecule has 0 saturated carbocycles. The van der Waals surface area contributed by atoms with Crippen LogP contribution in [0.1, 0.15) is 43.6 Å². The van der Waals surface area contributed by atoms with Gasteiger partial charge in [0.05, 0.1) is 37.8 Å². The number of fused-ring (bicyclic) bond motifs is 1. The third kappa shape index (κ3) is 5.53. The van der Waals surface area contributed by atoms with E-state index in [4.69, 9.17) is 4.74 Å². The van der Waals surface area contributed by atoms with Crippen LogP contribution in [0, 0.1) is 0 Å². The summed E-state index contributed by atoms with van der Waals surface area (Å²) in [5.74, 6) is 0.416. The van der Waals surface area contributed by atoms with Crippen LogP contribution < -0.4 is 20.5 Å². The molecule has 1 heterocycles. The Bertz CT molecular complexity index is 1090. The van der Waals surface area contributed by atoms with Crippen molar-refractivity contribution in [2.24, 2.45) is 0 Å². The predicted molar refractivity (Wildman–Crippen MR) is 127 cm³/mol. The summed E-state index contributed by atoms with van der Waals surface area (Å²) < 4.78 is 6.48. The number of quaternary nitrogens is 1. The van der Waals surface area contributed by atoms with Crippen LogP contribution >= 0.6 is 0 Å². The normalized spacial score (nSPS) is 11.1. The van der Waals surface area contributed by atoms with E-state index in [0.717, 1.165) is 38.9 Å². The maximum atomic E-state index is 13.1. The van der Waals surface area contributed by atoms with Crippen LogP contribution in [0.4, 0.5) is 0 Å². The maximum absolute atomic E-state index is 13.1. The van der Waals surface area contributed by atoms with Crippen molar-refractivity contribution in [1.29, 1.82) is 0 Å². The van der Waals surface area contributed by atoms with E-state index in [0.29, 0.717) is 28.8 Å². The van der Waals surface area contributed by atoms with Gasteiger partial charge in [-0.25, -0.2) is 0 Å². The van der Waals surface area contributed by atoms with Crippen LogP contribution in [0.5, 0.6) is 5.75 Å². The Balaban J connectivity index is 1.83. The van der Waals surface area contributed by atoms with Gasteiger partial charge in [0.25, 0.3) is 11.5 Å². The van der Waals surface area contributed by atoms with Gasteiger partial charge in [0, 0.05) is 18.4 Å². The zero-order chi connectivity index (χ0) is 22.9. The highest BCUT2D eigenvalue weighted by Crippen LogP contribution is 2.17. The van der Waals surface area contributed by atoms with Gasteiger partial charge >= 0.3 is 0 Å². The lowest BCUT2D eigenvalue weighted by Crippen LogP contribution is -3.12. The molecule has 7 nitrogen and oxygen atoms in total. The lowest BCUT2D eigenvalue weighted by atomic mass is 10.1. The average Bonchev–Trinajstić information content (AvgIpc) is 2.82. The molecule has 0 saturated heterocycles. The highest BCUT2D eigenvalue weighted by molar-refractivity contribution is 6.04. The molecule has 0 fully saturated rings. The molecule has 0 radical (unpaired) electrons. The Hall–Kier alpha value is -3.19. The molecule has 0 aliphatic carbocycles. The number of amides is 1. The van der Waals surface area contributed by atoms with Crippen molar-refractivity contribution in [3.8, 4) is 11.4 Å². The van der Waals surface area contributed by atoms with Crippen molar-refractivity contribution >= 4 is 16.7 Å². The predicted octanol–water partition coefficient (Wildman–Crippen LogP) is 2.22. The highest BCUT2D eigenvalue weighted by atomic mass is 16.5. The number of nitrogens with zero attached hydrogens (tertiary/aromatic N) is 2. The van der Waals surface area contributed by atoms with Crippen LogP contribution in [0.2, 0.25) is 0 Å². The fourth-order valence-corrected chi connectivity index (χ4v) is 3.96. The van der Waals surface area contributed by atoms with Crippen LogP contribution in [0.25, 0.3) is 16.5 Å². The number of benzene rings is 2. The molecule has 0 atom stereocenters. The molecule has 0 aliphatic heterocycles. The topological polar surface area (TPSA) is 77.7 Å². The Labute approximate surface area is 189 Å². The first-order chi connectivity index (χ1) is 15.6. The Morgan fingerprint density at radius 2 is 1.66 bits per heavy atom. The highest BCUT2D eigenvalue weighted by Gasteiger charge is 2.17. The first kappa shape index (κ1) is 23.5. The summed E-state index contributed by atoms with van der Waals surface area (Å²) in [7, 11) is 1.59. The van der Waals surface area contributed by atoms with Crippen LogP contribution in [-0.4, -0.2) is 49.0 Å². The second kappa shape index (κ2) is 11.4. The third-order valence-corrected chi connectivity index (χ3v) is 5.54. The minimum atomic E-state index is -0.268. The van der Waals surface area contributed by atoms with E-state index < -0.39 is 0 Å². The summed E-state index contributed by atoms with van der Waals surface area (Å²) in [6, 6.07) is 14.1. The van der Waals surface area contributed by atoms with E-state index >= 15 is 0 Å². The van der Waals surface area contributed by atoms with Crippen molar-refractivity contribution in [3.63, 3.8) is 0 Å². The summed E-state index contributed by atoms with van der Waals surface area (Å²) >= 11 is 0. The van der Waals surface area contributed by atoms with Gasteiger partial charge in [0.15, 0.2) is 5.69 Å². The first-order valence-electron chi connectivity index (χ1n) is 11.4. The number of aromatic nitrogens is 2. The molecule has 3 aromatic rings. The molecule has 0 spiro atoms. The van der Waals surface area contributed by atoms with Gasteiger partial charge in [0.1, 0.15) is 5.75 Å². The van der Waals surface area contributed by atoms with Crippen molar-refractivity contribution in [3.05, 3.63) is 64.6 Å². The van der Waals surface area contributed by atoms with Gasteiger partial charge < -0.3 is 15.0 Å². The lowest BCUT2D eigenvalue weighted by Gasteiger charge is -2.18. The zero-order valence-corrected chi connectivity index (χ0v) is 19.2. The second-order valence-electron chi connectivity index (χ2n) is 7.92. The Morgan fingerprint density at radius 1 is 1.00 bits per heavy atom. The van der Waals surface area contributed by atoms with Gasteiger partial charge in [-0.15, -0.1) is 0 Å². The zero-order valence-electron chi connectivity index (χ0n) is 19.2. The number of hydrogen-bond donors (Lipinski definition) is 2. The number of carbonyl (C=O) groups is 1. The summed E-state index contributed by atoms with van der Waals surface area (Å²) in [5.41, 5.74) is 0.567. The van der Waals surface area contributed by atoms with E-state index in [2.05, 4.69) is 24.3 Å². The molecule has 170 valence electrons. The largest absolute Gasteiger partial charge is 0.497 e.